The third-order valence-corrected chi connectivity index (χ3v) is 4.12. The van der Waals surface area contributed by atoms with Gasteiger partial charge in [-0.15, -0.1) is 0 Å². The van der Waals surface area contributed by atoms with Crippen LogP contribution >= 0.6 is 0 Å². The second-order valence-corrected chi connectivity index (χ2v) is 6.50. The van der Waals surface area contributed by atoms with Crippen LogP contribution < -0.4 is 16.0 Å². The number of hydrogen-bond acceptors (Lipinski definition) is 6. The SMILES string of the molecule is CCC(C)(C)CNS(=O)(=O)c1cnc(NN)nc1. The summed E-state index contributed by atoms with van der Waals surface area (Å²) in [6, 6.07) is 0. The van der Waals surface area contributed by atoms with Crippen LogP contribution in [0.3, 0.4) is 0 Å². The lowest BCUT2D eigenvalue weighted by atomic mass is 9.91. The molecule has 0 saturated heterocycles. The Hall–Kier alpha value is -1.25. The van der Waals surface area contributed by atoms with Gasteiger partial charge in [-0.2, -0.15) is 0 Å². The third-order valence-electron chi connectivity index (χ3n) is 2.77. The fourth-order valence-electron chi connectivity index (χ4n) is 1.03. The van der Waals surface area contributed by atoms with E-state index in [0.717, 1.165) is 6.42 Å². The molecule has 1 rings (SSSR count). The van der Waals surface area contributed by atoms with Gasteiger partial charge >= 0.3 is 0 Å². The number of nitrogens with one attached hydrogen (secondary N) is 2. The first-order chi connectivity index (χ1) is 8.30. The first-order valence-electron chi connectivity index (χ1n) is 5.59. The van der Waals surface area contributed by atoms with Gasteiger partial charge in [0.25, 0.3) is 0 Å². The molecule has 1 aromatic rings. The predicted molar refractivity (Wildman–Crippen MR) is 69.1 cm³/mol. The molecule has 18 heavy (non-hydrogen) atoms. The molecule has 0 atom stereocenters. The maximum absolute atomic E-state index is 12.0. The van der Waals surface area contributed by atoms with Crippen molar-refractivity contribution in [2.24, 2.45) is 11.3 Å². The number of hydrogen-bond donors (Lipinski definition) is 3. The van der Waals surface area contributed by atoms with Crippen molar-refractivity contribution in [3.63, 3.8) is 0 Å². The summed E-state index contributed by atoms with van der Waals surface area (Å²) in [4.78, 5) is 7.54. The van der Waals surface area contributed by atoms with Crippen molar-refractivity contribution in [2.75, 3.05) is 12.0 Å². The van der Waals surface area contributed by atoms with Crippen molar-refractivity contribution in [1.29, 1.82) is 0 Å². The molecule has 0 aliphatic rings. The predicted octanol–water partition coefficient (Wildman–Crippen LogP) is 0.477. The fraction of sp³-hybridized carbons (Fsp3) is 0.600. The molecule has 0 aliphatic heterocycles. The summed E-state index contributed by atoms with van der Waals surface area (Å²) in [6.45, 7) is 6.36. The Morgan fingerprint density at radius 3 is 2.33 bits per heavy atom. The smallest absolute Gasteiger partial charge is 0.243 e. The zero-order valence-corrected chi connectivity index (χ0v) is 11.6. The van der Waals surface area contributed by atoms with E-state index in [1.54, 1.807) is 0 Å². The van der Waals surface area contributed by atoms with Crippen LogP contribution in [0.25, 0.3) is 0 Å². The fourth-order valence-corrected chi connectivity index (χ4v) is 2.16. The molecule has 1 aromatic heterocycles. The van der Waals surface area contributed by atoms with Gasteiger partial charge in [-0.1, -0.05) is 20.8 Å². The van der Waals surface area contributed by atoms with E-state index in [1.165, 1.54) is 12.4 Å². The molecule has 7 nitrogen and oxygen atoms in total. The Balaban J connectivity index is 2.80. The number of anilines is 1. The Morgan fingerprint density at radius 2 is 1.89 bits per heavy atom. The van der Waals surface area contributed by atoms with Gasteiger partial charge in [-0.05, 0) is 11.8 Å². The van der Waals surface area contributed by atoms with Crippen molar-refractivity contribution in [3.8, 4) is 0 Å². The lowest BCUT2D eigenvalue weighted by Crippen LogP contribution is -2.33. The Labute approximate surface area is 107 Å². The van der Waals surface area contributed by atoms with E-state index in [2.05, 4.69) is 20.1 Å². The summed E-state index contributed by atoms with van der Waals surface area (Å²) in [5.74, 6) is 5.27. The Morgan fingerprint density at radius 1 is 1.33 bits per heavy atom. The number of rotatable bonds is 6. The normalized spacial score (nSPS) is 12.4. The van der Waals surface area contributed by atoms with Gasteiger partial charge in [0.15, 0.2) is 0 Å². The average molecular weight is 273 g/mol. The molecule has 0 bridgehead atoms. The minimum Gasteiger partial charge on any atom is -0.292 e. The third kappa shape index (κ3) is 3.90. The van der Waals surface area contributed by atoms with E-state index in [1.807, 2.05) is 20.8 Å². The molecule has 8 heteroatoms. The van der Waals surface area contributed by atoms with E-state index >= 15 is 0 Å². The number of aromatic nitrogens is 2. The first-order valence-corrected chi connectivity index (χ1v) is 7.07. The van der Waals surface area contributed by atoms with Gasteiger partial charge in [0.05, 0.1) is 12.4 Å². The monoisotopic (exact) mass is 273 g/mol. The highest BCUT2D eigenvalue weighted by Gasteiger charge is 2.21. The van der Waals surface area contributed by atoms with Crippen LogP contribution in [0.2, 0.25) is 0 Å². The van der Waals surface area contributed by atoms with Crippen LogP contribution in [0.1, 0.15) is 27.2 Å². The van der Waals surface area contributed by atoms with Crippen molar-refractivity contribution >= 4 is 16.0 Å². The molecule has 0 saturated carbocycles. The molecule has 0 spiro atoms. The largest absolute Gasteiger partial charge is 0.292 e. The van der Waals surface area contributed by atoms with Crippen LogP contribution in [-0.2, 0) is 10.0 Å². The Bertz CT molecular complexity index is 483. The summed E-state index contributed by atoms with van der Waals surface area (Å²) in [6.07, 6.45) is 3.30. The lowest BCUT2D eigenvalue weighted by molar-refractivity contribution is 0.350. The highest BCUT2D eigenvalue weighted by molar-refractivity contribution is 7.89. The van der Waals surface area contributed by atoms with E-state index in [4.69, 9.17) is 5.84 Å². The van der Waals surface area contributed by atoms with Crippen LogP contribution in [0.5, 0.6) is 0 Å². The van der Waals surface area contributed by atoms with Crippen molar-refractivity contribution in [2.45, 2.75) is 32.1 Å². The molecule has 0 radical (unpaired) electrons. The lowest BCUT2D eigenvalue weighted by Gasteiger charge is -2.22. The zero-order chi connectivity index (χ0) is 13.8. The van der Waals surface area contributed by atoms with E-state index in [-0.39, 0.29) is 16.3 Å². The summed E-state index contributed by atoms with van der Waals surface area (Å²) in [5, 5.41) is 0. The second kappa shape index (κ2) is 5.59. The highest BCUT2D eigenvalue weighted by atomic mass is 32.2. The van der Waals surface area contributed by atoms with E-state index < -0.39 is 10.0 Å². The van der Waals surface area contributed by atoms with Crippen LogP contribution in [0.15, 0.2) is 17.3 Å². The number of nitrogen functional groups attached to an aromatic ring is 1. The molecule has 0 unspecified atom stereocenters. The Kier molecular flexibility index (Phi) is 4.60. The standard InChI is InChI=1S/C10H19N5O2S/c1-4-10(2,3)7-14-18(16,17)8-5-12-9(15-11)13-6-8/h5-6,14H,4,7,11H2,1-3H3,(H,12,13,15). The molecule has 0 fully saturated rings. The molecule has 102 valence electrons. The van der Waals surface area contributed by atoms with Crippen LogP contribution in [0, 0.1) is 5.41 Å². The van der Waals surface area contributed by atoms with E-state index in [0.29, 0.717) is 6.54 Å². The quantitative estimate of drug-likeness (QED) is 0.513. The van der Waals surface area contributed by atoms with Crippen molar-refractivity contribution in [1.82, 2.24) is 14.7 Å². The number of sulfonamides is 1. The van der Waals surface area contributed by atoms with Gasteiger partial charge in [0.2, 0.25) is 16.0 Å². The van der Waals surface area contributed by atoms with Crippen LogP contribution in [0.4, 0.5) is 5.95 Å². The molecular weight excluding hydrogens is 254 g/mol. The van der Waals surface area contributed by atoms with Gasteiger partial charge in [0.1, 0.15) is 4.90 Å². The molecule has 1 heterocycles. The maximum Gasteiger partial charge on any atom is 0.243 e. The van der Waals surface area contributed by atoms with Crippen molar-refractivity contribution in [3.05, 3.63) is 12.4 Å². The molecule has 0 aliphatic carbocycles. The molecular formula is C10H19N5O2S. The van der Waals surface area contributed by atoms with Crippen molar-refractivity contribution < 1.29 is 8.42 Å². The van der Waals surface area contributed by atoms with Gasteiger partial charge in [-0.25, -0.2) is 29.0 Å². The summed E-state index contributed by atoms with van der Waals surface area (Å²) < 4.78 is 26.4. The summed E-state index contributed by atoms with van der Waals surface area (Å²) in [7, 11) is -3.57. The number of hydrazine groups is 1. The molecule has 4 N–H and O–H groups in total. The van der Waals surface area contributed by atoms with Gasteiger partial charge in [0, 0.05) is 6.54 Å². The van der Waals surface area contributed by atoms with Gasteiger partial charge < -0.3 is 0 Å². The maximum atomic E-state index is 12.0. The summed E-state index contributed by atoms with van der Waals surface area (Å²) in [5.41, 5.74) is 2.14. The minimum atomic E-state index is -3.57. The second-order valence-electron chi connectivity index (χ2n) is 4.73. The topological polar surface area (TPSA) is 110 Å². The summed E-state index contributed by atoms with van der Waals surface area (Å²) >= 11 is 0. The van der Waals surface area contributed by atoms with Crippen LogP contribution in [-0.4, -0.2) is 24.9 Å². The van der Waals surface area contributed by atoms with Gasteiger partial charge in [-0.3, -0.25) is 5.43 Å². The number of nitrogens with zero attached hydrogens (tertiary/aromatic N) is 2. The molecule has 0 aromatic carbocycles. The highest BCUT2D eigenvalue weighted by Crippen LogP contribution is 2.19. The average Bonchev–Trinajstić information content (AvgIpc) is 2.37. The number of nitrogens with two attached hydrogens (primary N) is 1. The zero-order valence-electron chi connectivity index (χ0n) is 10.8. The minimum absolute atomic E-state index is 0.0217. The van der Waals surface area contributed by atoms with E-state index in [9.17, 15) is 8.42 Å². The molecule has 0 amide bonds. The first kappa shape index (κ1) is 14.8.